The fourth-order valence-electron chi connectivity index (χ4n) is 3.99. The lowest BCUT2D eigenvalue weighted by Crippen LogP contribution is -2.30. The molecule has 0 heterocycles. The number of nitrogens with one attached hydrogen (secondary N) is 1. The lowest BCUT2D eigenvalue weighted by Gasteiger charge is -2.32. The third-order valence-corrected chi connectivity index (χ3v) is 5.21. The van der Waals surface area contributed by atoms with Crippen molar-refractivity contribution in [3.8, 4) is 0 Å². The predicted molar refractivity (Wildman–Crippen MR) is 110 cm³/mol. The summed E-state index contributed by atoms with van der Waals surface area (Å²) in [5.41, 5.74) is 10.6. The minimum Gasteiger partial charge on any atom is -0.376 e. The molecule has 0 bridgehead atoms. The van der Waals surface area contributed by atoms with Gasteiger partial charge in [0.1, 0.15) is 0 Å². The summed E-state index contributed by atoms with van der Waals surface area (Å²) < 4.78 is 0. The first-order valence-corrected chi connectivity index (χ1v) is 9.12. The van der Waals surface area contributed by atoms with E-state index in [0.717, 1.165) is 6.42 Å². The van der Waals surface area contributed by atoms with Crippen LogP contribution in [0.1, 0.15) is 55.0 Å². The first-order chi connectivity index (χ1) is 11.8. The van der Waals surface area contributed by atoms with Crippen molar-refractivity contribution in [1.29, 1.82) is 0 Å². The van der Waals surface area contributed by atoms with Crippen molar-refractivity contribution in [1.82, 2.24) is 0 Å². The van der Waals surface area contributed by atoms with Crippen molar-refractivity contribution in [2.45, 2.75) is 53.5 Å². The summed E-state index contributed by atoms with van der Waals surface area (Å²) in [6.07, 6.45) is 5.53. The van der Waals surface area contributed by atoms with Crippen molar-refractivity contribution in [2.75, 3.05) is 5.32 Å². The molecule has 3 rings (SSSR count). The molecule has 0 amide bonds. The number of hydrogen-bond acceptors (Lipinski definition) is 1. The van der Waals surface area contributed by atoms with Crippen LogP contribution in [-0.2, 0) is 5.54 Å². The van der Waals surface area contributed by atoms with E-state index in [1.54, 1.807) is 0 Å². The summed E-state index contributed by atoms with van der Waals surface area (Å²) in [4.78, 5) is 0. The highest BCUT2D eigenvalue weighted by Crippen LogP contribution is 2.37. The molecule has 1 N–H and O–H groups in total. The molecular weight excluding hydrogens is 302 g/mol. The van der Waals surface area contributed by atoms with Crippen LogP contribution in [-0.4, -0.2) is 0 Å². The summed E-state index contributed by atoms with van der Waals surface area (Å²) in [7, 11) is 0. The van der Waals surface area contributed by atoms with E-state index < -0.39 is 0 Å². The number of benzene rings is 2. The Bertz CT molecular complexity index is 842. The van der Waals surface area contributed by atoms with Gasteiger partial charge in [0, 0.05) is 5.69 Å². The fraction of sp³-hybridized carbons (Fsp3) is 0.333. The quantitative estimate of drug-likeness (QED) is 0.658. The summed E-state index contributed by atoms with van der Waals surface area (Å²) in [5, 5.41) is 3.83. The van der Waals surface area contributed by atoms with Gasteiger partial charge in [0.05, 0.1) is 5.54 Å². The minimum absolute atomic E-state index is 0.156. The van der Waals surface area contributed by atoms with Crippen molar-refractivity contribution in [3.05, 3.63) is 81.9 Å². The van der Waals surface area contributed by atoms with E-state index in [2.05, 4.69) is 95.4 Å². The molecule has 2 aromatic carbocycles. The Balaban J connectivity index is 2.04. The van der Waals surface area contributed by atoms with Gasteiger partial charge in [-0.05, 0) is 81.4 Å². The smallest absolute Gasteiger partial charge is 0.0575 e. The second-order valence-corrected chi connectivity index (χ2v) is 7.84. The Morgan fingerprint density at radius 2 is 1.56 bits per heavy atom. The first kappa shape index (κ1) is 17.5. The molecular formula is C24H29N. The van der Waals surface area contributed by atoms with Gasteiger partial charge in [0.15, 0.2) is 0 Å². The number of anilines is 1. The Labute approximate surface area is 152 Å². The van der Waals surface area contributed by atoms with Gasteiger partial charge in [0.2, 0.25) is 0 Å². The molecule has 0 aliphatic heterocycles. The minimum atomic E-state index is -0.156. The van der Waals surface area contributed by atoms with E-state index >= 15 is 0 Å². The van der Waals surface area contributed by atoms with Crippen LogP contribution >= 0.6 is 0 Å². The van der Waals surface area contributed by atoms with E-state index in [1.165, 1.54) is 44.7 Å². The number of rotatable bonds is 4. The molecule has 0 aromatic heterocycles. The molecule has 0 atom stereocenters. The summed E-state index contributed by atoms with van der Waals surface area (Å²) in [6.45, 7) is 13.3. The highest BCUT2D eigenvalue weighted by molar-refractivity contribution is 5.77. The third kappa shape index (κ3) is 3.42. The SMILES string of the molecule is CC1=C(c2ccccc2C(C)(C)Nc2c(C)cc(C)cc2C)CC=C1. The van der Waals surface area contributed by atoms with Gasteiger partial charge in [0.25, 0.3) is 0 Å². The Morgan fingerprint density at radius 3 is 2.16 bits per heavy atom. The monoisotopic (exact) mass is 331 g/mol. The summed E-state index contributed by atoms with van der Waals surface area (Å²) in [6, 6.07) is 13.3. The molecule has 0 unspecified atom stereocenters. The predicted octanol–water partition coefficient (Wildman–Crippen LogP) is 6.69. The largest absolute Gasteiger partial charge is 0.376 e. The average Bonchev–Trinajstić information content (AvgIpc) is 2.97. The van der Waals surface area contributed by atoms with Crippen LogP contribution in [0.4, 0.5) is 5.69 Å². The van der Waals surface area contributed by atoms with Crippen LogP contribution in [0.5, 0.6) is 0 Å². The molecule has 1 heteroatoms. The lowest BCUT2D eigenvalue weighted by atomic mass is 9.85. The molecule has 0 saturated carbocycles. The zero-order valence-corrected chi connectivity index (χ0v) is 16.3. The van der Waals surface area contributed by atoms with Gasteiger partial charge >= 0.3 is 0 Å². The highest BCUT2D eigenvalue weighted by Gasteiger charge is 2.26. The van der Waals surface area contributed by atoms with Crippen LogP contribution in [0.25, 0.3) is 5.57 Å². The number of hydrogen-bond donors (Lipinski definition) is 1. The van der Waals surface area contributed by atoms with Crippen LogP contribution in [0.15, 0.2) is 54.1 Å². The molecule has 0 fully saturated rings. The number of aryl methyl sites for hydroxylation is 3. The molecule has 0 spiro atoms. The number of allylic oxidation sites excluding steroid dienone is 4. The normalized spacial score (nSPS) is 14.3. The molecule has 25 heavy (non-hydrogen) atoms. The maximum atomic E-state index is 3.83. The van der Waals surface area contributed by atoms with Crippen LogP contribution < -0.4 is 5.32 Å². The molecule has 0 saturated heterocycles. The van der Waals surface area contributed by atoms with Gasteiger partial charge < -0.3 is 5.32 Å². The zero-order valence-electron chi connectivity index (χ0n) is 16.3. The van der Waals surface area contributed by atoms with E-state index in [0.29, 0.717) is 0 Å². The maximum absolute atomic E-state index is 3.83. The average molecular weight is 332 g/mol. The van der Waals surface area contributed by atoms with Gasteiger partial charge in [-0.2, -0.15) is 0 Å². The van der Waals surface area contributed by atoms with Crippen molar-refractivity contribution >= 4 is 11.3 Å². The van der Waals surface area contributed by atoms with Crippen molar-refractivity contribution in [2.24, 2.45) is 0 Å². The zero-order chi connectivity index (χ0) is 18.2. The standard InChI is InChI=1S/C24H29N/c1-16-14-18(3)23(19(4)15-16)25-24(5,6)22-13-8-7-11-21(22)20-12-9-10-17(20)2/h7-11,13-15,25H,12H2,1-6H3. The lowest BCUT2D eigenvalue weighted by molar-refractivity contribution is 0.606. The van der Waals surface area contributed by atoms with Crippen LogP contribution in [0, 0.1) is 20.8 Å². The molecule has 1 nitrogen and oxygen atoms in total. The van der Waals surface area contributed by atoms with E-state index in [-0.39, 0.29) is 5.54 Å². The summed E-state index contributed by atoms with van der Waals surface area (Å²) in [5.74, 6) is 0. The van der Waals surface area contributed by atoms with Gasteiger partial charge in [-0.1, -0.05) is 54.1 Å². The fourth-order valence-corrected chi connectivity index (χ4v) is 3.99. The second kappa shape index (κ2) is 6.55. The van der Waals surface area contributed by atoms with Gasteiger partial charge in [-0.3, -0.25) is 0 Å². The van der Waals surface area contributed by atoms with E-state index in [1.807, 2.05) is 0 Å². The van der Waals surface area contributed by atoms with E-state index in [4.69, 9.17) is 0 Å². The van der Waals surface area contributed by atoms with Gasteiger partial charge in [-0.15, -0.1) is 0 Å². The molecule has 0 radical (unpaired) electrons. The topological polar surface area (TPSA) is 12.0 Å². The molecule has 1 aliphatic carbocycles. The third-order valence-electron chi connectivity index (χ3n) is 5.21. The van der Waals surface area contributed by atoms with E-state index in [9.17, 15) is 0 Å². The van der Waals surface area contributed by atoms with Crippen LogP contribution in [0.2, 0.25) is 0 Å². The Morgan fingerprint density at radius 1 is 0.920 bits per heavy atom. The highest BCUT2D eigenvalue weighted by atomic mass is 15.0. The molecule has 1 aliphatic rings. The maximum Gasteiger partial charge on any atom is 0.0575 e. The Hall–Kier alpha value is -2.28. The molecule has 130 valence electrons. The van der Waals surface area contributed by atoms with Crippen molar-refractivity contribution < 1.29 is 0 Å². The Kier molecular flexibility index (Phi) is 4.60. The van der Waals surface area contributed by atoms with Gasteiger partial charge in [-0.25, -0.2) is 0 Å². The van der Waals surface area contributed by atoms with Crippen molar-refractivity contribution in [3.63, 3.8) is 0 Å². The summed E-state index contributed by atoms with van der Waals surface area (Å²) >= 11 is 0. The second-order valence-electron chi connectivity index (χ2n) is 7.84. The first-order valence-electron chi connectivity index (χ1n) is 9.12. The molecule has 2 aromatic rings. The van der Waals surface area contributed by atoms with Crippen LogP contribution in [0.3, 0.4) is 0 Å².